The summed E-state index contributed by atoms with van der Waals surface area (Å²) in [6.45, 7) is 3.27. The molecule has 0 aromatic carbocycles. The van der Waals surface area contributed by atoms with E-state index in [9.17, 15) is 18.0 Å². The number of ether oxygens (including phenoxy) is 2. The summed E-state index contributed by atoms with van der Waals surface area (Å²) in [6.07, 6.45) is 3.73. The summed E-state index contributed by atoms with van der Waals surface area (Å²) < 4.78 is 36.2. The van der Waals surface area contributed by atoms with Crippen molar-refractivity contribution < 1.29 is 27.5 Å². The Morgan fingerprint density at radius 1 is 1.05 bits per heavy atom. The van der Waals surface area contributed by atoms with Crippen molar-refractivity contribution in [3.8, 4) is 0 Å². The lowest BCUT2D eigenvalue weighted by atomic mass is 10.0. The molecule has 0 bridgehead atoms. The molecule has 1 aliphatic rings. The number of esters is 2. The Labute approximate surface area is 125 Å². The van der Waals surface area contributed by atoms with Gasteiger partial charge in [0.25, 0.3) is 0 Å². The van der Waals surface area contributed by atoms with Crippen molar-refractivity contribution in [2.75, 3.05) is 13.2 Å². The van der Waals surface area contributed by atoms with Crippen molar-refractivity contribution in [2.45, 2.75) is 57.2 Å². The van der Waals surface area contributed by atoms with E-state index in [-0.39, 0.29) is 13.2 Å². The summed E-state index contributed by atoms with van der Waals surface area (Å²) in [5.41, 5.74) is 0. The minimum atomic E-state index is -3.76. The van der Waals surface area contributed by atoms with Crippen LogP contribution in [-0.4, -0.2) is 44.9 Å². The highest BCUT2D eigenvalue weighted by Crippen LogP contribution is 2.23. The van der Waals surface area contributed by atoms with E-state index in [4.69, 9.17) is 9.47 Å². The molecule has 1 saturated carbocycles. The van der Waals surface area contributed by atoms with Crippen LogP contribution in [0.1, 0.15) is 46.0 Å². The van der Waals surface area contributed by atoms with Gasteiger partial charge in [0.05, 0.1) is 18.5 Å². The van der Waals surface area contributed by atoms with Crippen LogP contribution in [0.5, 0.6) is 0 Å². The summed E-state index contributed by atoms with van der Waals surface area (Å²) in [5.74, 6) is -1.87. The number of hydrogen-bond acceptors (Lipinski definition) is 6. The maximum Gasteiger partial charge on any atom is 0.335 e. The summed E-state index contributed by atoms with van der Waals surface area (Å²) in [7, 11) is -3.76. The largest absolute Gasteiger partial charge is 0.464 e. The van der Waals surface area contributed by atoms with E-state index in [1.807, 2.05) is 0 Å². The van der Waals surface area contributed by atoms with E-state index in [0.717, 1.165) is 19.3 Å². The van der Waals surface area contributed by atoms with Crippen LogP contribution >= 0.6 is 0 Å². The lowest BCUT2D eigenvalue weighted by molar-refractivity contribution is -0.157. The van der Waals surface area contributed by atoms with E-state index >= 15 is 0 Å². The molecule has 21 heavy (non-hydrogen) atoms. The van der Waals surface area contributed by atoms with Crippen molar-refractivity contribution >= 4 is 22.0 Å². The fourth-order valence-corrected chi connectivity index (χ4v) is 3.95. The molecular weight excluding hydrogens is 298 g/mol. The quantitative estimate of drug-likeness (QED) is 0.548. The van der Waals surface area contributed by atoms with Crippen LogP contribution in [0.15, 0.2) is 0 Å². The average Bonchev–Trinajstić information content (AvgIpc) is 2.46. The van der Waals surface area contributed by atoms with E-state index in [2.05, 4.69) is 4.72 Å². The van der Waals surface area contributed by atoms with Gasteiger partial charge in [0, 0.05) is 0 Å². The molecular formula is C13H23NO6S. The molecule has 1 fully saturated rings. The van der Waals surface area contributed by atoms with E-state index in [0.29, 0.717) is 12.8 Å². The number of sulfonamides is 1. The predicted octanol–water partition coefficient (Wildman–Crippen LogP) is 0.733. The molecule has 0 radical (unpaired) electrons. The number of carbonyl (C=O) groups is 2. The van der Waals surface area contributed by atoms with Crippen LogP contribution in [0.25, 0.3) is 0 Å². The van der Waals surface area contributed by atoms with Gasteiger partial charge in [0.15, 0.2) is 0 Å². The molecule has 0 aliphatic heterocycles. The van der Waals surface area contributed by atoms with Crippen molar-refractivity contribution in [3.63, 3.8) is 0 Å². The zero-order valence-electron chi connectivity index (χ0n) is 12.5. The smallest absolute Gasteiger partial charge is 0.335 e. The molecule has 0 aromatic heterocycles. The van der Waals surface area contributed by atoms with Gasteiger partial charge in [-0.25, -0.2) is 18.0 Å². The minimum absolute atomic E-state index is 0.0555. The zero-order chi connectivity index (χ0) is 15.9. The first-order valence-electron chi connectivity index (χ1n) is 7.26. The van der Waals surface area contributed by atoms with Gasteiger partial charge in [0.2, 0.25) is 16.1 Å². The van der Waals surface area contributed by atoms with Gasteiger partial charge >= 0.3 is 11.9 Å². The third kappa shape index (κ3) is 5.28. The molecule has 0 aromatic rings. The van der Waals surface area contributed by atoms with Gasteiger partial charge in [-0.1, -0.05) is 19.3 Å². The minimum Gasteiger partial charge on any atom is -0.464 e. The molecule has 7 nitrogen and oxygen atoms in total. The molecule has 1 N–H and O–H groups in total. The molecule has 0 heterocycles. The van der Waals surface area contributed by atoms with Crippen LogP contribution in [-0.2, 0) is 29.1 Å². The van der Waals surface area contributed by atoms with E-state index in [1.54, 1.807) is 13.8 Å². The highest BCUT2D eigenvalue weighted by atomic mass is 32.2. The van der Waals surface area contributed by atoms with Gasteiger partial charge in [-0.2, -0.15) is 4.72 Å². The molecule has 8 heteroatoms. The first kappa shape index (κ1) is 17.9. The summed E-state index contributed by atoms with van der Waals surface area (Å²) in [6, 6.07) is -1.63. The molecule has 0 spiro atoms. The molecule has 0 amide bonds. The maximum atomic E-state index is 12.3. The first-order valence-corrected chi connectivity index (χ1v) is 8.81. The maximum absolute atomic E-state index is 12.3. The SMILES string of the molecule is CCOC(=O)C(NS(=O)(=O)C1CCCCC1)C(=O)OCC. The Bertz CT molecular complexity index is 437. The second kappa shape index (κ2) is 8.33. The molecule has 0 unspecified atom stereocenters. The Balaban J connectivity index is 2.83. The van der Waals surface area contributed by atoms with Gasteiger partial charge in [-0.3, -0.25) is 0 Å². The monoisotopic (exact) mass is 321 g/mol. The number of nitrogens with one attached hydrogen (secondary N) is 1. The second-order valence-electron chi connectivity index (χ2n) is 4.86. The summed E-state index contributed by atoms with van der Waals surface area (Å²) in [4.78, 5) is 23.5. The van der Waals surface area contributed by atoms with Gasteiger partial charge in [0.1, 0.15) is 0 Å². The summed E-state index contributed by atoms with van der Waals surface area (Å²) in [5, 5.41) is -0.572. The standard InChI is InChI=1S/C13H23NO6S/c1-3-19-12(15)11(13(16)20-4-2)14-21(17,18)10-8-6-5-7-9-10/h10-11,14H,3-9H2,1-2H3. The average molecular weight is 321 g/mol. The van der Waals surface area contributed by atoms with E-state index in [1.165, 1.54) is 0 Å². The van der Waals surface area contributed by atoms with Crippen LogP contribution < -0.4 is 4.72 Å². The van der Waals surface area contributed by atoms with Gasteiger partial charge in [-0.05, 0) is 26.7 Å². The third-order valence-electron chi connectivity index (χ3n) is 3.32. The summed E-state index contributed by atoms with van der Waals surface area (Å²) >= 11 is 0. The fraction of sp³-hybridized carbons (Fsp3) is 0.846. The molecule has 1 rings (SSSR count). The molecule has 122 valence electrons. The lowest BCUT2D eigenvalue weighted by Crippen LogP contribution is -2.51. The van der Waals surface area contributed by atoms with Gasteiger partial charge in [-0.15, -0.1) is 0 Å². The van der Waals surface area contributed by atoms with Crippen molar-refractivity contribution in [2.24, 2.45) is 0 Å². The Hall–Kier alpha value is -1.15. The van der Waals surface area contributed by atoms with Crippen LogP contribution in [0, 0.1) is 0 Å². The van der Waals surface area contributed by atoms with Crippen molar-refractivity contribution in [1.82, 2.24) is 4.72 Å². The molecule has 0 saturated heterocycles. The second-order valence-corrected chi connectivity index (χ2v) is 6.85. The van der Waals surface area contributed by atoms with Crippen LogP contribution in [0.3, 0.4) is 0 Å². The third-order valence-corrected chi connectivity index (χ3v) is 5.23. The van der Waals surface area contributed by atoms with Crippen LogP contribution in [0.2, 0.25) is 0 Å². The zero-order valence-corrected chi connectivity index (χ0v) is 13.3. The highest BCUT2D eigenvalue weighted by Gasteiger charge is 2.37. The number of rotatable bonds is 7. The van der Waals surface area contributed by atoms with Crippen LogP contribution in [0.4, 0.5) is 0 Å². The van der Waals surface area contributed by atoms with E-state index < -0.39 is 33.3 Å². The Morgan fingerprint density at radius 2 is 1.52 bits per heavy atom. The topological polar surface area (TPSA) is 98.8 Å². The lowest BCUT2D eigenvalue weighted by Gasteiger charge is -2.24. The highest BCUT2D eigenvalue weighted by molar-refractivity contribution is 7.90. The molecule has 1 aliphatic carbocycles. The number of hydrogen-bond donors (Lipinski definition) is 1. The predicted molar refractivity (Wildman–Crippen MR) is 76.0 cm³/mol. The number of carbonyl (C=O) groups excluding carboxylic acids is 2. The fourth-order valence-electron chi connectivity index (χ4n) is 2.28. The Kier molecular flexibility index (Phi) is 7.10. The van der Waals surface area contributed by atoms with Crippen molar-refractivity contribution in [1.29, 1.82) is 0 Å². The van der Waals surface area contributed by atoms with Crippen molar-refractivity contribution in [3.05, 3.63) is 0 Å². The molecule has 0 atom stereocenters. The van der Waals surface area contributed by atoms with Gasteiger partial charge < -0.3 is 9.47 Å². The Morgan fingerprint density at radius 3 is 1.95 bits per heavy atom. The first-order chi connectivity index (χ1) is 9.92. The normalized spacial score (nSPS) is 16.7.